The van der Waals surface area contributed by atoms with Gasteiger partial charge in [0, 0.05) is 31.8 Å². The van der Waals surface area contributed by atoms with Gasteiger partial charge in [0.05, 0.1) is 30.2 Å². The molecule has 4 aromatic rings. The Morgan fingerprint density at radius 3 is 2.56 bits per heavy atom. The van der Waals surface area contributed by atoms with E-state index in [1.165, 1.54) is 17.2 Å². The highest BCUT2D eigenvalue weighted by Crippen LogP contribution is 2.31. The molecule has 1 saturated heterocycles. The minimum atomic E-state index is -1.05. The highest BCUT2D eigenvalue weighted by molar-refractivity contribution is 5.86. The average Bonchev–Trinajstić information content (AvgIpc) is 3.33. The summed E-state index contributed by atoms with van der Waals surface area (Å²) < 4.78 is 37.0. The van der Waals surface area contributed by atoms with Gasteiger partial charge in [0.15, 0.2) is 11.6 Å². The molecule has 11 nitrogen and oxygen atoms in total. The second-order valence-corrected chi connectivity index (χ2v) is 11.0. The molecule has 1 aliphatic heterocycles. The number of imidazole rings is 1. The number of anilines is 3. The molecule has 0 bridgehead atoms. The summed E-state index contributed by atoms with van der Waals surface area (Å²) in [6.45, 7) is 9.48. The zero-order valence-electron chi connectivity index (χ0n) is 24.7. The highest BCUT2D eigenvalue weighted by Gasteiger charge is 2.25. The van der Waals surface area contributed by atoms with E-state index < -0.39 is 17.7 Å². The Bertz CT molecular complexity index is 1590. The Morgan fingerprint density at radius 1 is 1.14 bits per heavy atom. The lowest BCUT2D eigenvalue weighted by Gasteiger charge is -2.33. The first-order chi connectivity index (χ1) is 20.6. The van der Waals surface area contributed by atoms with Crippen LogP contribution >= 0.6 is 0 Å². The van der Waals surface area contributed by atoms with E-state index in [0.29, 0.717) is 36.0 Å². The van der Waals surface area contributed by atoms with E-state index in [4.69, 9.17) is 4.74 Å². The van der Waals surface area contributed by atoms with Crippen molar-refractivity contribution >= 4 is 34.6 Å². The van der Waals surface area contributed by atoms with Crippen molar-refractivity contribution in [1.82, 2.24) is 29.4 Å². The molecule has 1 fully saturated rings. The maximum Gasteiger partial charge on any atom is 0.411 e. The summed E-state index contributed by atoms with van der Waals surface area (Å²) in [6.07, 6.45) is 3.24. The quantitative estimate of drug-likeness (QED) is 0.240. The predicted octanol–water partition coefficient (Wildman–Crippen LogP) is 5.64. The summed E-state index contributed by atoms with van der Waals surface area (Å²) in [5.41, 5.74) is 1.39. The number of amides is 1. The number of likely N-dealkylation sites (tertiary alicyclic amines) is 1. The van der Waals surface area contributed by atoms with E-state index in [1.54, 1.807) is 32.2 Å². The van der Waals surface area contributed by atoms with Crippen LogP contribution in [0.3, 0.4) is 0 Å². The highest BCUT2D eigenvalue weighted by atomic mass is 19.1. The van der Waals surface area contributed by atoms with E-state index in [0.717, 1.165) is 38.7 Å². The van der Waals surface area contributed by atoms with Crippen LogP contribution in [0.1, 0.15) is 38.6 Å². The monoisotopic (exact) mass is 594 g/mol. The maximum atomic E-state index is 15.0. The second kappa shape index (κ2) is 13.0. The number of fused-ring (bicyclic) bond motifs is 1. The molecule has 1 amide bonds. The smallest absolute Gasteiger partial charge is 0.411 e. The molecule has 43 heavy (non-hydrogen) atoms. The van der Waals surface area contributed by atoms with Crippen LogP contribution in [0.4, 0.5) is 31.0 Å². The van der Waals surface area contributed by atoms with Crippen molar-refractivity contribution in [3.63, 3.8) is 0 Å². The summed E-state index contributed by atoms with van der Waals surface area (Å²) >= 11 is 0. The number of aromatic nitrogens is 5. The molecule has 0 saturated carbocycles. The normalized spacial score (nSPS) is 14.5. The maximum absolute atomic E-state index is 15.0. The summed E-state index contributed by atoms with van der Waals surface area (Å²) in [4.78, 5) is 32.7. The van der Waals surface area contributed by atoms with Crippen molar-refractivity contribution in [2.45, 2.75) is 39.7 Å². The standard InChI is InChI=1S/C30H36F2N8O3/c1-18(2)40-19(3)35-28-23(31)13-21(14-25(28)40)27-24(32)16-34-29(37-27)36-26-6-5-22(15-33-26)39(30(41)42)17-20-7-9-38(10-8-20)11-12-43-4/h5-6,13-16,18,20H,7-12,17H2,1-4H3,(H,41,42)(H,33,34,36,37). The third kappa shape index (κ3) is 6.73. The number of nitrogens with one attached hydrogen (secondary N) is 1. The largest absolute Gasteiger partial charge is 0.465 e. The van der Waals surface area contributed by atoms with Gasteiger partial charge in [-0.25, -0.2) is 33.5 Å². The molecule has 0 spiro atoms. The number of carboxylic acid groups (broad SMARTS) is 1. The van der Waals surface area contributed by atoms with Gasteiger partial charge in [-0.2, -0.15) is 0 Å². The van der Waals surface area contributed by atoms with Crippen molar-refractivity contribution in [2.75, 3.05) is 50.1 Å². The molecular weight excluding hydrogens is 558 g/mol. The predicted molar refractivity (Wildman–Crippen MR) is 160 cm³/mol. The fourth-order valence-corrected chi connectivity index (χ4v) is 5.59. The first-order valence-electron chi connectivity index (χ1n) is 14.3. The number of aryl methyl sites for hydroxylation is 1. The first kappa shape index (κ1) is 30.2. The van der Waals surface area contributed by atoms with Crippen LogP contribution in [0, 0.1) is 24.5 Å². The molecule has 228 valence electrons. The van der Waals surface area contributed by atoms with E-state index in [-0.39, 0.29) is 34.7 Å². The van der Waals surface area contributed by atoms with Gasteiger partial charge in [-0.05, 0) is 76.9 Å². The third-order valence-electron chi connectivity index (χ3n) is 7.75. The lowest BCUT2D eigenvalue weighted by Crippen LogP contribution is -2.41. The number of benzene rings is 1. The van der Waals surface area contributed by atoms with Crippen LogP contribution < -0.4 is 10.2 Å². The van der Waals surface area contributed by atoms with Crippen molar-refractivity contribution in [1.29, 1.82) is 0 Å². The SMILES string of the molecule is COCCN1CCC(CN(C(=O)O)c2ccc(Nc3ncc(F)c(-c4cc(F)c5nc(C)n(C(C)C)c5c4)n3)nc2)CC1. The van der Waals surface area contributed by atoms with Crippen LogP contribution in [-0.2, 0) is 4.74 Å². The third-order valence-corrected chi connectivity index (χ3v) is 7.75. The van der Waals surface area contributed by atoms with Crippen LogP contribution in [0.5, 0.6) is 0 Å². The van der Waals surface area contributed by atoms with Crippen LogP contribution in [0.25, 0.3) is 22.3 Å². The van der Waals surface area contributed by atoms with Crippen molar-refractivity contribution in [3.8, 4) is 11.3 Å². The van der Waals surface area contributed by atoms with Gasteiger partial charge in [-0.1, -0.05) is 0 Å². The molecular formula is C30H36F2N8O3. The van der Waals surface area contributed by atoms with Crippen LogP contribution in [0.15, 0.2) is 36.7 Å². The Kier molecular flexibility index (Phi) is 9.11. The molecule has 1 aromatic carbocycles. The molecule has 13 heteroatoms. The number of methoxy groups -OCH3 is 1. The summed E-state index contributed by atoms with van der Waals surface area (Å²) in [5.74, 6) is 0.0204. The first-order valence-corrected chi connectivity index (χ1v) is 14.3. The zero-order chi connectivity index (χ0) is 30.7. The summed E-state index contributed by atoms with van der Waals surface area (Å²) in [5, 5.41) is 12.8. The molecule has 0 radical (unpaired) electrons. The number of halogens is 2. The van der Waals surface area contributed by atoms with E-state index >= 15 is 4.39 Å². The molecule has 0 unspecified atom stereocenters. The Hall–Kier alpha value is -4.23. The van der Waals surface area contributed by atoms with Crippen molar-refractivity contribution in [2.24, 2.45) is 5.92 Å². The number of ether oxygens (including phenoxy) is 1. The minimum absolute atomic E-state index is 0.0253. The summed E-state index contributed by atoms with van der Waals surface area (Å²) in [6, 6.07) is 6.18. The number of carbonyl (C=O) groups is 1. The molecule has 0 aliphatic carbocycles. The number of piperidine rings is 1. The second-order valence-electron chi connectivity index (χ2n) is 11.0. The molecule has 2 N–H and O–H groups in total. The number of hydrogen-bond donors (Lipinski definition) is 2. The van der Waals surface area contributed by atoms with Gasteiger partial charge < -0.3 is 24.6 Å². The van der Waals surface area contributed by atoms with Gasteiger partial charge in [-0.3, -0.25) is 4.90 Å². The molecule has 4 heterocycles. The van der Waals surface area contributed by atoms with Crippen molar-refractivity contribution in [3.05, 3.63) is 54.1 Å². The van der Waals surface area contributed by atoms with Crippen molar-refractivity contribution < 1.29 is 23.4 Å². The topological polar surface area (TPSA) is 122 Å². The van der Waals surface area contributed by atoms with E-state index in [1.807, 2.05) is 18.4 Å². The molecule has 0 atom stereocenters. The van der Waals surface area contributed by atoms with E-state index in [2.05, 4.69) is 30.2 Å². The molecule has 3 aromatic heterocycles. The Labute approximate surface area is 248 Å². The number of pyridine rings is 1. The van der Waals surface area contributed by atoms with Crippen LogP contribution in [-0.4, -0.2) is 80.5 Å². The van der Waals surface area contributed by atoms with Gasteiger partial charge in [-0.15, -0.1) is 0 Å². The fourth-order valence-electron chi connectivity index (χ4n) is 5.59. The number of rotatable bonds is 10. The van der Waals surface area contributed by atoms with Gasteiger partial charge in [0.2, 0.25) is 5.95 Å². The number of nitrogens with zero attached hydrogens (tertiary/aromatic N) is 7. The van der Waals surface area contributed by atoms with Crippen LogP contribution in [0.2, 0.25) is 0 Å². The lowest BCUT2D eigenvalue weighted by molar-refractivity contribution is 0.121. The Morgan fingerprint density at radius 2 is 1.91 bits per heavy atom. The van der Waals surface area contributed by atoms with E-state index in [9.17, 15) is 14.3 Å². The average molecular weight is 595 g/mol. The van der Waals surface area contributed by atoms with Gasteiger partial charge in [0.1, 0.15) is 22.9 Å². The van der Waals surface area contributed by atoms with Gasteiger partial charge in [0.25, 0.3) is 0 Å². The molecule has 1 aliphatic rings. The van der Waals surface area contributed by atoms with Gasteiger partial charge >= 0.3 is 6.09 Å². The lowest BCUT2D eigenvalue weighted by atomic mass is 9.96. The Balaban J connectivity index is 1.31. The summed E-state index contributed by atoms with van der Waals surface area (Å²) in [7, 11) is 1.69. The fraction of sp³-hybridized carbons (Fsp3) is 0.433. The minimum Gasteiger partial charge on any atom is -0.465 e. The zero-order valence-corrected chi connectivity index (χ0v) is 24.7. The molecule has 5 rings (SSSR count). The number of hydrogen-bond acceptors (Lipinski definition) is 8.